The minimum atomic E-state index is -0.442. The lowest BCUT2D eigenvalue weighted by Crippen LogP contribution is -2.50. The number of methoxy groups -OCH3 is 2. The molecule has 9 nitrogen and oxygen atoms in total. The van der Waals surface area contributed by atoms with E-state index < -0.39 is 5.97 Å². The highest BCUT2D eigenvalue weighted by Gasteiger charge is 2.23. The summed E-state index contributed by atoms with van der Waals surface area (Å²) >= 11 is 0. The molecule has 2 amide bonds. The van der Waals surface area contributed by atoms with Crippen LogP contribution in [0.1, 0.15) is 15.9 Å². The van der Waals surface area contributed by atoms with Crippen molar-refractivity contribution in [1.82, 2.24) is 14.9 Å². The van der Waals surface area contributed by atoms with E-state index in [-0.39, 0.29) is 6.03 Å². The van der Waals surface area contributed by atoms with E-state index in [4.69, 9.17) is 9.47 Å². The van der Waals surface area contributed by atoms with Gasteiger partial charge in [0.15, 0.2) is 0 Å². The van der Waals surface area contributed by atoms with Crippen molar-refractivity contribution < 1.29 is 19.1 Å². The molecule has 0 bridgehead atoms. The van der Waals surface area contributed by atoms with Crippen molar-refractivity contribution in [1.29, 1.82) is 0 Å². The average molecular weight is 385 g/mol. The summed E-state index contributed by atoms with van der Waals surface area (Å²) in [6.07, 6.45) is 1.65. The number of aryl methyl sites for hydroxylation is 1. The summed E-state index contributed by atoms with van der Waals surface area (Å²) in [5.74, 6) is 0.648. The zero-order chi connectivity index (χ0) is 20.1. The maximum Gasteiger partial charge on any atom is 0.337 e. The van der Waals surface area contributed by atoms with Crippen LogP contribution in [0.5, 0.6) is 5.88 Å². The molecule has 2 aromatic rings. The van der Waals surface area contributed by atoms with Gasteiger partial charge in [0.25, 0.3) is 0 Å². The van der Waals surface area contributed by atoms with Crippen molar-refractivity contribution in [3.63, 3.8) is 0 Å². The van der Waals surface area contributed by atoms with Crippen LogP contribution in [0.3, 0.4) is 0 Å². The third kappa shape index (κ3) is 4.30. The molecule has 1 N–H and O–H groups in total. The Morgan fingerprint density at radius 3 is 2.54 bits per heavy atom. The van der Waals surface area contributed by atoms with Gasteiger partial charge < -0.3 is 24.6 Å². The number of hydrogen-bond acceptors (Lipinski definition) is 7. The summed E-state index contributed by atoms with van der Waals surface area (Å²) in [5.41, 5.74) is 1.85. The van der Waals surface area contributed by atoms with Crippen LogP contribution in [-0.4, -0.2) is 67.3 Å². The van der Waals surface area contributed by atoms with Crippen LogP contribution in [-0.2, 0) is 4.74 Å². The minimum Gasteiger partial charge on any atom is -0.481 e. The van der Waals surface area contributed by atoms with Gasteiger partial charge in [0.2, 0.25) is 11.8 Å². The molecule has 1 aliphatic heterocycles. The number of hydrogen-bond donors (Lipinski definition) is 1. The lowest BCUT2D eigenvalue weighted by atomic mass is 10.1. The van der Waals surface area contributed by atoms with Crippen molar-refractivity contribution in [3.8, 4) is 5.88 Å². The summed E-state index contributed by atoms with van der Waals surface area (Å²) in [7, 11) is 2.89. The van der Waals surface area contributed by atoms with Gasteiger partial charge in [0.05, 0.1) is 19.8 Å². The monoisotopic (exact) mass is 385 g/mol. The Bertz CT molecular complexity index is 865. The number of benzene rings is 1. The van der Waals surface area contributed by atoms with Crippen LogP contribution < -0.4 is 15.0 Å². The first-order valence-electron chi connectivity index (χ1n) is 8.88. The maximum absolute atomic E-state index is 12.6. The molecule has 1 aliphatic rings. The maximum atomic E-state index is 12.6. The van der Waals surface area contributed by atoms with Gasteiger partial charge >= 0.3 is 12.0 Å². The number of aromatic nitrogens is 2. The molecule has 2 heterocycles. The number of nitrogens with zero attached hydrogens (tertiary/aromatic N) is 4. The summed E-state index contributed by atoms with van der Waals surface area (Å²) in [6.45, 7) is 4.16. The highest BCUT2D eigenvalue weighted by atomic mass is 16.5. The lowest BCUT2D eigenvalue weighted by Gasteiger charge is -2.34. The molecule has 0 atom stereocenters. The Hall–Kier alpha value is -3.36. The van der Waals surface area contributed by atoms with E-state index in [1.807, 2.05) is 11.8 Å². The Morgan fingerprint density at radius 1 is 1.11 bits per heavy atom. The van der Waals surface area contributed by atoms with Crippen LogP contribution in [0.2, 0.25) is 0 Å². The molecule has 0 spiro atoms. The number of amides is 2. The third-order valence-corrected chi connectivity index (χ3v) is 4.58. The molecule has 3 rings (SSSR count). The van der Waals surface area contributed by atoms with E-state index in [0.717, 1.165) is 5.56 Å². The van der Waals surface area contributed by atoms with Gasteiger partial charge in [-0.3, -0.25) is 0 Å². The fraction of sp³-hybridized carbons (Fsp3) is 0.368. The van der Waals surface area contributed by atoms with Gasteiger partial charge in [-0.25, -0.2) is 14.6 Å². The Kier molecular flexibility index (Phi) is 5.93. The standard InChI is InChI=1S/C19H23N5O4/c1-13-4-5-14(17(25)28-3)12-15(13)21-19(26)24-10-8-23(9-11-24)18-20-7-6-16(22-18)27-2/h4-7,12H,8-11H2,1-3H3,(H,21,26). The van der Waals surface area contributed by atoms with Crippen molar-refractivity contribution in [2.75, 3.05) is 50.6 Å². The minimum absolute atomic E-state index is 0.212. The van der Waals surface area contributed by atoms with E-state index in [2.05, 4.69) is 15.3 Å². The summed E-state index contributed by atoms with van der Waals surface area (Å²) in [5, 5.41) is 2.88. The second-order valence-corrected chi connectivity index (χ2v) is 6.32. The van der Waals surface area contributed by atoms with Gasteiger partial charge in [-0.05, 0) is 24.6 Å². The summed E-state index contributed by atoms with van der Waals surface area (Å²) < 4.78 is 9.87. The first kappa shape index (κ1) is 19.4. The van der Waals surface area contributed by atoms with Crippen molar-refractivity contribution in [3.05, 3.63) is 41.6 Å². The number of nitrogens with one attached hydrogen (secondary N) is 1. The number of carbonyl (C=O) groups excluding carboxylic acids is 2. The highest BCUT2D eigenvalue weighted by Crippen LogP contribution is 2.19. The molecular formula is C19H23N5O4. The molecule has 1 aromatic carbocycles. The number of esters is 1. The van der Waals surface area contributed by atoms with Gasteiger partial charge in [-0.2, -0.15) is 4.98 Å². The SMILES string of the molecule is COC(=O)c1ccc(C)c(NC(=O)N2CCN(c3nccc(OC)n3)CC2)c1. The fourth-order valence-corrected chi connectivity index (χ4v) is 2.90. The molecule has 0 radical (unpaired) electrons. The summed E-state index contributed by atoms with van der Waals surface area (Å²) in [6, 6.07) is 6.55. The fourth-order valence-electron chi connectivity index (χ4n) is 2.90. The largest absolute Gasteiger partial charge is 0.481 e. The molecule has 148 valence electrons. The van der Waals surface area contributed by atoms with Crippen LogP contribution in [0.15, 0.2) is 30.5 Å². The van der Waals surface area contributed by atoms with Gasteiger partial charge in [-0.15, -0.1) is 0 Å². The normalized spacial score (nSPS) is 13.8. The second kappa shape index (κ2) is 8.55. The van der Waals surface area contributed by atoms with E-state index in [0.29, 0.717) is 49.3 Å². The van der Waals surface area contributed by atoms with Crippen LogP contribution in [0.4, 0.5) is 16.4 Å². The van der Waals surface area contributed by atoms with Crippen LogP contribution in [0, 0.1) is 6.92 Å². The molecule has 1 aromatic heterocycles. The van der Waals surface area contributed by atoms with Gasteiger partial charge in [0, 0.05) is 44.1 Å². The first-order chi connectivity index (χ1) is 13.5. The van der Waals surface area contributed by atoms with E-state index in [1.54, 1.807) is 42.5 Å². The predicted octanol–water partition coefficient (Wildman–Crippen LogP) is 1.93. The van der Waals surface area contributed by atoms with Gasteiger partial charge in [0.1, 0.15) is 0 Å². The van der Waals surface area contributed by atoms with E-state index in [1.165, 1.54) is 7.11 Å². The number of anilines is 2. The van der Waals surface area contributed by atoms with E-state index >= 15 is 0 Å². The topological polar surface area (TPSA) is 96.9 Å². The van der Waals surface area contributed by atoms with Crippen molar-refractivity contribution in [2.24, 2.45) is 0 Å². The Morgan fingerprint density at radius 2 is 1.86 bits per heavy atom. The number of piperazine rings is 1. The molecule has 9 heteroatoms. The zero-order valence-corrected chi connectivity index (χ0v) is 16.1. The molecule has 1 saturated heterocycles. The molecule has 0 saturated carbocycles. The number of urea groups is 1. The average Bonchev–Trinajstić information content (AvgIpc) is 2.74. The predicted molar refractivity (Wildman–Crippen MR) is 104 cm³/mol. The molecule has 28 heavy (non-hydrogen) atoms. The number of ether oxygens (including phenoxy) is 2. The molecule has 1 fully saturated rings. The lowest BCUT2D eigenvalue weighted by molar-refractivity contribution is 0.0600. The Labute approximate surface area is 163 Å². The third-order valence-electron chi connectivity index (χ3n) is 4.58. The molecule has 0 aliphatic carbocycles. The number of rotatable bonds is 4. The second-order valence-electron chi connectivity index (χ2n) is 6.32. The number of carbonyl (C=O) groups is 2. The van der Waals surface area contributed by atoms with Gasteiger partial charge in [-0.1, -0.05) is 6.07 Å². The molecular weight excluding hydrogens is 362 g/mol. The van der Waals surface area contributed by atoms with Crippen LogP contribution >= 0.6 is 0 Å². The zero-order valence-electron chi connectivity index (χ0n) is 16.1. The smallest absolute Gasteiger partial charge is 0.337 e. The van der Waals surface area contributed by atoms with E-state index in [9.17, 15) is 9.59 Å². The van der Waals surface area contributed by atoms with Crippen molar-refractivity contribution >= 4 is 23.6 Å². The highest BCUT2D eigenvalue weighted by molar-refractivity contribution is 5.94. The first-order valence-corrected chi connectivity index (χ1v) is 8.88. The summed E-state index contributed by atoms with van der Waals surface area (Å²) in [4.78, 5) is 36.7. The van der Waals surface area contributed by atoms with Crippen LogP contribution in [0.25, 0.3) is 0 Å². The molecule has 0 unspecified atom stereocenters. The quantitative estimate of drug-likeness (QED) is 0.803. The Balaban J connectivity index is 1.62. The van der Waals surface area contributed by atoms with Crippen molar-refractivity contribution in [2.45, 2.75) is 6.92 Å².